The van der Waals surface area contributed by atoms with Crippen LogP contribution in [0.5, 0.6) is 0 Å². The first-order valence-electron chi connectivity index (χ1n) is 46.0. The Labute approximate surface area is 769 Å². The third kappa shape index (κ3) is 13.8. The Kier molecular flexibility index (Phi) is 19.3. The second-order valence-electron chi connectivity index (χ2n) is 35.0. The van der Waals surface area contributed by atoms with Crippen LogP contribution in [0, 0.1) is 6.92 Å². The van der Waals surface area contributed by atoms with Gasteiger partial charge in [0.25, 0.3) is 0 Å². The van der Waals surface area contributed by atoms with E-state index in [4.69, 9.17) is 19.9 Å². The van der Waals surface area contributed by atoms with Crippen LogP contribution in [0.15, 0.2) is 449 Å². The first-order valence-corrected chi connectivity index (χ1v) is 46.0. The molecule has 0 fully saturated rings. The molecule has 1 aliphatic rings. The second kappa shape index (κ2) is 32.8. The van der Waals surface area contributed by atoms with E-state index < -0.39 is 0 Å². The van der Waals surface area contributed by atoms with E-state index in [0.717, 1.165) is 116 Å². The number of aromatic nitrogens is 8. The normalized spacial score (nSPS) is 12.0. The lowest BCUT2D eigenvalue weighted by molar-refractivity contribution is 0.773. The molecule has 0 atom stereocenters. The number of aryl methyl sites for hydroxylation is 3. The van der Waals surface area contributed by atoms with E-state index in [9.17, 15) is 0 Å². The molecule has 0 saturated heterocycles. The predicted octanol–water partition coefficient (Wildman–Crippen LogP) is 32.0. The van der Waals surface area contributed by atoms with Crippen molar-refractivity contribution in [2.45, 2.75) is 32.6 Å². The van der Waals surface area contributed by atoms with Crippen LogP contribution in [0.1, 0.15) is 34.5 Å². The summed E-state index contributed by atoms with van der Waals surface area (Å²) < 4.78 is 9.74. The lowest BCUT2D eigenvalue weighted by atomic mass is 9.85. The zero-order chi connectivity index (χ0) is 88.0. The van der Waals surface area contributed by atoms with E-state index in [0.29, 0.717) is 5.82 Å². The lowest BCUT2D eigenvalue weighted by Crippen LogP contribution is -2.01. The molecule has 6 aromatic heterocycles. The Morgan fingerprint density at radius 1 is 0.248 bits per heavy atom. The smallest absolute Gasteiger partial charge is 0.161 e. The van der Waals surface area contributed by atoms with E-state index >= 15 is 0 Å². The first kappa shape index (κ1) is 78.1. The number of hydrogen-bond acceptors (Lipinski definition) is 4. The Bertz CT molecular complexity index is 8820. The Morgan fingerprint density at radius 2 is 0.684 bits per heavy atom. The highest BCUT2D eigenvalue weighted by atomic mass is 15.0. The van der Waals surface area contributed by atoms with Gasteiger partial charge in [-0.1, -0.05) is 328 Å². The van der Waals surface area contributed by atoms with Gasteiger partial charge in [0.15, 0.2) is 5.82 Å². The van der Waals surface area contributed by atoms with E-state index in [1.54, 1.807) is 0 Å². The van der Waals surface area contributed by atoms with Crippen LogP contribution in [0.3, 0.4) is 0 Å². The standard InChI is InChI=1S/C66H44N4.C59H42N4/c1-42-36-47(50-28-17-33-63-65(50)54-27-12-14-32-61(54)69(63)48-24-9-4-10-25-48)38-49(37-42)70-60-31-13-11-26-51(60)56-39-46(34-35-62(56)70)55-40-57(53-30-16-23-45-22-15-29-52(55)64(45)53)66-67-58(43-18-5-2-6-19-43)41-59(68-66)44-20-7-3-8-21-44;1-4-19-41(20-5-1)51-39-52(42-21-6-2-7-22-42)61-58(60-51)33-16-18-40-34-35-55-50(36-40)48-27-12-14-30-53(48)63(55)57-38-44(37-43-23-10-11-26-46(43)57)47-29-17-32-56-59(47)49-28-13-15-31-54(49)62(56)45-24-8-3-9-25-45/h2-22,24-41H,23H2,1H3;1-15,17,19-32,34-39H,16,18,33H2. The topological polar surface area (TPSA) is 71.3 Å². The fourth-order valence-electron chi connectivity index (χ4n) is 21.1. The van der Waals surface area contributed by atoms with Crippen molar-refractivity contribution in [2.75, 3.05) is 0 Å². The molecular weight excluding hydrogens is 1610 g/mol. The fourth-order valence-corrected chi connectivity index (χ4v) is 21.1. The highest BCUT2D eigenvalue weighted by molar-refractivity contribution is 6.20. The average Bonchev–Trinajstić information content (AvgIpc) is 1.70. The summed E-state index contributed by atoms with van der Waals surface area (Å²) in [5.74, 6) is 1.59. The third-order valence-electron chi connectivity index (χ3n) is 27.0. The monoisotopic (exact) mass is 1700 g/mol. The molecule has 0 aliphatic heterocycles. The molecule has 8 nitrogen and oxygen atoms in total. The van der Waals surface area contributed by atoms with Crippen molar-refractivity contribution in [2.24, 2.45) is 0 Å². The van der Waals surface area contributed by atoms with Gasteiger partial charge in [0.2, 0.25) is 0 Å². The summed E-state index contributed by atoms with van der Waals surface area (Å²) in [5.41, 5.74) is 35.4. The molecule has 0 radical (unpaired) electrons. The summed E-state index contributed by atoms with van der Waals surface area (Å²) in [7, 11) is 0. The van der Waals surface area contributed by atoms with Gasteiger partial charge in [0, 0.05) is 99.8 Å². The van der Waals surface area contributed by atoms with Gasteiger partial charge in [-0.25, -0.2) is 19.9 Å². The zero-order valence-electron chi connectivity index (χ0n) is 73.2. The maximum atomic E-state index is 5.36. The highest BCUT2D eigenvalue weighted by Crippen LogP contribution is 2.48. The summed E-state index contributed by atoms with van der Waals surface area (Å²) in [5, 5.41) is 14.9. The minimum absolute atomic E-state index is 0.716. The summed E-state index contributed by atoms with van der Waals surface area (Å²) in [4.78, 5) is 20.9. The number of hydrogen-bond donors (Lipinski definition) is 0. The minimum Gasteiger partial charge on any atom is -0.309 e. The molecule has 0 N–H and O–H groups in total. The second-order valence-corrected chi connectivity index (χ2v) is 35.0. The average molecular weight is 1700 g/mol. The van der Waals surface area contributed by atoms with Crippen molar-refractivity contribution in [3.8, 4) is 113 Å². The fraction of sp³-hybridized carbons (Fsp3) is 0.0400. The van der Waals surface area contributed by atoms with Crippen molar-refractivity contribution < 1.29 is 0 Å². The summed E-state index contributed by atoms with van der Waals surface area (Å²) in [6.45, 7) is 2.22. The predicted molar refractivity (Wildman–Crippen MR) is 556 cm³/mol. The van der Waals surface area contributed by atoms with Gasteiger partial charge in [-0.05, 0) is 225 Å². The lowest BCUT2D eigenvalue weighted by Gasteiger charge is -2.20. The van der Waals surface area contributed by atoms with Crippen molar-refractivity contribution in [3.05, 3.63) is 477 Å². The molecular formula is C125H86N8. The first-order chi connectivity index (χ1) is 65.9. The summed E-state index contributed by atoms with van der Waals surface area (Å²) in [6.07, 6.45) is 8.09. The molecule has 25 aromatic rings. The van der Waals surface area contributed by atoms with Gasteiger partial charge in [-0.3, -0.25) is 0 Å². The molecule has 626 valence electrons. The van der Waals surface area contributed by atoms with Gasteiger partial charge in [0.1, 0.15) is 5.82 Å². The zero-order valence-corrected chi connectivity index (χ0v) is 73.2. The number of para-hydroxylation sites is 6. The molecule has 8 heteroatoms. The van der Waals surface area contributed by atoms with Gasteiger partial charge >= 0.3 is 0 Å². The molecule has 6 heterocycles. The minimum atomic E-state index is 0.716. The van der Waals surface area contributed by atoms with Crippen molar-refractivity contribution in [1.82, 2.24) is 38.2 Å². The van der Waals surface area contributed by atoms with Crippen LogP contribution >= 0.6 is 0 Å². The number of allylic oxidation sites excluding steroid dienone is 1. The van der Waals surface area contributed by atoms with Crippen LogP contribution in [0.25, 0.3) is 227 Å². The Hall–Kier alpha value is -17.2. The SMILES string of the molecule is Cc1cc(-c2cccc3c2c2ccccc2n3-c2ccccc2)cc(-n2c3ccccc3c3cc(-c4cc(-c5nc(-c6ccccc6)cc(-c6ccccc6)n5)c5c6c(cccc46)CC=C5)ccc32)c1.c1ccc(-c2cc(-c3ccccc3)nc(CCCc3ccc4c(c3)c3ccccc3n4-c3cc(-c4cccc5c4c4ccccc4n5-c4ccccc4)cc4ccccc34)n2)cc1. The van der Waals surface area contributed by atoms with E-state index in [2.05, 4.69) is 468 Å². The van der Waals surface area contributed by atoms with Crippen molar-refractivity contribution in [3.63, 3.8) is 0 Å². The Balaban J connectivity index is 0.000000143. The molecule has 26 rings (SSSR count). The molecule has 1 aliphatic carbocycles. The quantitative estimate of drug-likeness (QED) is 0.0966. The largest absolute Gasteiger partial charge is 0.309 e. The van der Waals surface area contributed by atoms with Crippen LogP contribution in [0.4, 0.5) is 0 Å². The van der Waals surface area contributed by atoms with Gasteiger partial charge < -0.3 is 18.3 Å². The molecule has 0 bridgehead atoms. The van der Waals surface area contributed by atoms with Crippen LogP contribution < -0.4 is 0 Å². The number of fused-ring (bicyclic) bond motifs is 13. The van der Waals surface area contributed by atoms with E-state index in [1.807, 2.05) is 12.1 Å². The van der Waals surface area contributed by atoms with E-state index in [-0.39, 0.29) is 0 Å². The molecule has 133 heavy (non-hydrogen) atoms. The maximum Gasteiger partial charge on any atom is 0.161 e. The van der Waals surface area contributed by atoms with Gasteiger partial charge in [-0.15, -0.1) is 0 Å². The number of benzene rings is 19. The third-order valence-corrected chi connectivity index (χ3v) is 27.0. The molecule has 19 aromatic carbocycles. The van der Waals surface area contributed by atoms with Crippen molar-refractivity contribution >= 4 is 115 Å². The van der Waals surface area contributed by atoms with Crippen LogP contribution in [-0.4, -0.2) is 38.2 Å². The summed E-state index contributed by atoms with van der Waals surface area (Å²) in [6, 6.07) is 160. The van der Waals surface area contributed by atoms with Gasteiger partial charge in [0.05, 0.1) is 72.6 Å². The molecule has 0 amide bonds. The molecule has 0 unspecified atom stereocenters. The van der Waals surface area contributed by atoms with Crippen molar-refractivity contribution in [1.29, 1.82) is 0 Å². The number of rotatable bonds is 16. The molecule has 0 spiro atoms. The van der Waals surface area contributed by atoms with Crippen LogP contribution in [-0.2, 0) is 19.3 Å². The van der Waals surface area contributed by atoms with Gasteiger partial charge in [-0.2, -0.15) is 0 Å². The highest BCUT2D eigenvalue weighted by Gasteiger charge is 2.27. The maximum absolute atomic E-state index is 5.36. The number of nitrogens with zero attached hydrogens (tertiary/aromatic N) is 8. The van der Waals surface area contributed by atoms with Crippen LogP contribution in [0.2, 0.25) is 0 Å². The Morgan fingerprint density at radius 3 is 1.26 bits per heavy atom. The molecule has 0 saturated carbocycles. The van der Waals surface area contributed by atoms with E-state index in [1.165, 1.54) is 153 Å². The summed E-state index contributed by atoms with van der Waals surface area (Å²) >= 11 is 0.